The number of nitrogens with one attached hydrogen (secondary N) is 1. The molecular weight excluding hydrogens is 416 g/mol. The third-order valence-electron chi connectivity index (χ3n) is 3.75. The van der Waals surface area contributed by atoms with Crippen molar-refractivity contribution in [2.45, 2.75) is 25.5 Å². The Labute approximate surface area is 175 Å². The van der Waals surface area contributed by atoms with Crippen LogP contribution in [0.3, 0.4) is 0 Å². The Morgan fingerprint density at radius 1 is 1.32 bits per heavy atom. The summed E-state index contributed by atoms with van der Waals surface area (Å²) >= 11 is 4.11. The van der Waals surface area contributed by atoms with Gasteiger partial charge in [-0.25, -0.2) is 4.98 Å². The van der Waals surface area contributed by atoms with Gasteiger partial charge in [-0.3, -0.25) is 9.59 Å². The molecular formula is C17H20N6O2S3. The summed E-state index contributed by atoms with van der Waals surface area (Å²) < 4.78 is 1.99. The van der Waals surface area contributed by atoms with Crippen LogP contribution < -0.4 is 5.32 Å². The summed E-state index contributed by atoms with van der Waals surface area (Å²) in [5, 5.41) is 14.4. The van der Waals surface area contributed by atoms with Gasteiger partial charge in [0, 0.05) is 20.6 Å². The SMILES string of the molecule is CCn1c(SCC(=O)Nc2nc(C)c(C(=O)N(C)C)s2)nnc1-c1cccs1. The van der Waals surface area contributed by atoms with Gasteiger partial charge in [0.25, 0.3) is 5.91 Å². The molecule has 148 valence electrons. The fraction of sp³-hybridized carbons (Fsp3) is 0.353. The number of thioether (sulfide) groups is 1. The van der Waals surface area contributed by atoms with Crippen molar-refractivity contribution in [3.05, 3.63) is 28.1 Å². The number of hydrogen-bond donors (Lipinski definition) is 1. The number of hydrogen-bond acceptors (Lipinski definition) is 8. The van der Waals surface area contributed by atoms with Crippen LogP contribution in [0.2, 0.25) is 0 Å². The van der Waals surface area contributed by atoms with Gasteiger partial charge in [-0.05, 0) is 25.3 Å². The summed E-state index contributed by atoms with van der Waals surface area (Å²) in [6.45, 7) is 4.49. The number of aryl methyl sites for hydroxylation is 1. The van der Waals surface area contributed by atoms with E-state index >= 15 is 0 Å². The van der Waals surface area contributed by atoms with Gasteiger partial charge in [0.05, 0.1) is 16.3 Å². The first kappa shape index (κ1) is 20.5. The van der Waals surface area contributed by atoms with Gasteiger partial charge >= 0.3 is 0 Å². The third kappa shape index (κ3) is 4.42. The Hall–Kier alpha value is -2.24. The van der Waals surface area contributed by atoms with Crippen molar-refractivity contribution in [2.75, 3.05) is 25.2 Å². The second-order valence-corrected chi connectivity index (χ2v) is 8.89. The number of nitrogens with zero attached hydrogens (tertiary/aromatic N) is 5. The van der Waals surface area contributed by atoms with Gasteiger partial charge in [0.2, 0.25) is 5.91 Å². The molecule has 1 N–H and O–H groups in total. The second kappa shape index (κ2) is 8.84. The van der Waals surface area contributed by atoms with Crippen LogP contribution in [-0.2, 0) is 11.3 Å². The number of rotatable bonds is 7. The molecule has 0 saturated carbocycles. The molecule has 28 heavy (non-hydrogen) atoms. The Bertz CT molecular complexity index is 977. The van der Waals surface area contributed by atoms with E-state index in [4.69, 9.17) is 0 Å². The molecule has 8 nitrogen and oxygen atoms in total. The molecule has 0 bridgehead atoms. The molecule has 2 amide bonds. The van der Waals surface area contributed by atoms with Crippen LogP contribution in [0.25, 0.3) is 10.7 Å². The highest BCUT2D eigenvalue weighted by Crippen LogP contribution is 2.28. The van der Waals surface area contributed by atoms with E-state index in [0.29, 0.717) is 27.4 Å². The smallest absolute Gasteiger partial charge is 0.265 e. The number of thiazole rings is 1. The first-order chi connectivity index (χ1) is 13.4. The summed E-state index contributed by atoms with van der Waals surface area (Å²) in [6.07, 6.45) is 0. The topological polar surface area (TPSA) is 93.0 Å². The number of amides is 2. The van der Waals surface area contributed by atoms with Crippen LogP contribution >= 0.6 is 34.4 Å². The van der Waals surface area contributed by atoms with Gasteiger partial charge in [-0.1, -0.05) is 29.2 Å². The summed E-state index contributed by atoms with van der Waals surface area (Å²) in [5.41, 5.74) is 0.609. The molecule has 3 aromatic heterocycles. The number of thiophene rings is 1. The minimum Gasteiger partial charge on any atom is -0.344 e. The van der Waals surface area contributed by atoms with Crippen LogP contribution in [0.5, 0.6) is 0 Å². The minimum absolute atomic E-state index is 0.123. The van der Waals surface area contributed by atoms with Crippen molar-refractivity contribution < 1.29 is 9.59 Å². The molecule has 0 aliphatic heterocycles. The predicted molar refractivity (Wildman–Crippen MR) is 113 cm³/mol. The maximum absolute atomic E-state index is 12.3. The first-order valence-electron chi connectivity index (χ1n) is 8.49. The lowest BCUT2D eigenvalue weighted by Crippen LogP contribution is -2.21. The number of anilines is 1. The minimum atomic E-state index is -0.203. The van der Waals surface area contributed by atoms with Crippen molar-refractivity contribution in [1.82, 2.24) is 24.6 Å². The van der Waals surface area contributed by atoms with E-state index in [1.54, 1.807) is 32.4 Å². The zero-order chi connectivity index (χ0) is 20.3. The first-order valence-corrected chi connectivity index (χ1v) is 11.2. The molecule has 0 fully saturated rings. The Morgan fingerprint density at radius 3 is 2.75 bits per heavy atom. The number of carbonyl (C=O) groups excluding carboxylic acids is 2. The molecule has 0 aliphatic rings. The van der Waals surface area contributed by atoms with Gasteiger partial charge in [0.1, 0.15) is 4.88 Å². The van der Waals surface area contributed by atoms with E-state index in [0.717, 1.165) is 10.7 Å². The van der Waals surface area contributed by atoms with Crippen LogP contribution in [0.1, 0.15) is 22.3 Å². The van der Waals surface area contributed by atoms with E-state index in [1.807, 2.05) is 29.0 Å². The van der Waals surface area contributed by atoms with Gasteiger partial charge in [-0.15, -0.1) is 21.5 Å². The average Bonchev–Trinajstić information content (AvgIpc) is 3.38. The number of aromatic nitrogens is 4. The highest BCUT2D eigenvalue weighted by Gasteiger charge is 2.19. The Morgan fingerprint density at radius 2 is 2.11 bits per heavy atom. The van der Waals surface area contributed by atoms with Gasteiger partial charge in [-0.2, -0.15) is 0 Å². The molecule has 3 heterocycles. The lowest BCUT2D eigenvalue weighted by atomic mass is 10.3. The van der Waals surface area contributed by atoms with Crippen molar-refractivity contribution in [3.63, 3.8) is 0 Å². The van der Waals surface area contributed by atoms with Crippen LogP contribution in [0.4, 0.5) is 5.13 Å². The summed E-state index contributed by atoms with van der Waals surface area (Å²) in [4.78, 5) is 31.8. The summed E-state index contributed by atoms with van der Waals surface area (Å²) in [6, 6.07) is 3.97. The summed E-state index contributed by atoms with van der Waals surface area (Å²) in [5.74, 6) is 0.661. The molecule has 0 saturated heterocycles. The van der Waals surface area contributed by atoms with Crippen molar-refractivity contribution in [1.29, 1.82) is 0 Å². The van der Waals surface area contributed by atoms with E-state index in [2.05, 4.69) is 20.5 Å². The number of carbonyl (C=O) groups is 2. The lowest BCUT2D eigenvalue weighted by Gasteiger charge is -2.07. The van der Waals surface area contributed by atoms with E-state index < -0.39 is 0 Å². The van der Waals surface area contributed by atoms with E-state index in [9.17, 15) is 9.59 Å². The van der Waals surface area contributed by atoms with Crippen LogP contribution in [0, 0.1) is 6.92 Å². The maximum atomic E-state index is 12.3. The van der Waals surface area contributed by atoms with E-state index in [1.165, 1.54) is 28.0 Å². The van der Waals surface area contributed by atoms with E-state index in [-0.39, 0.29) is 17.6 Å². The molecule has 0 aliphatic carbocycles. The average molecular weight is 437 g/mol. The lowest BCUT2D eigenvalue weighted by molar-refractivity contribution is -0.113. The molecule has 0 radical (unpaired) electrons. The molecule has 3 aromatic rings. The normalized spacial score (nSPS) is 10.9. The predicted octanol–water partition coefficient (Wildman–Crippen LogP) is 3.22. The second-order valence-electron chi connectivity index (χ2n) is 6.00. The molecule has 0 aromatic carbocycles. The Kier molecular flexibility index (Phi) is 6.47. The van der Waals surface area contributed by atoms with Crippen LogP contribution in [-0.4, -0.2) is 56.3 Å². The summed E-state index contributed by atoms with van der Waals surface area (Å²) in [7, 11) is 3.37. The van der Waals surface area contributed by atoms with Crippen molar-refractivity contribution in [3.8, 4) is 10.7 Å². The standard InChI is InChI=1S/C17H20N6O2S3/c1-5-23-14(11-7-6-8-26-11)20-21-17(23)27-9-12(24)19-16-18-10(2)13(28-16)15(25)22(3)4/h6-8H,5,9H2,1-4H3,(H,18,19,24). The largest absolute Gasteiger partial charge is 0.344 e. The quantitative estimate of drug-likeness (QED) is 0.572. The molecule has 0 atom stereocenters. The molecule has 0 unspecified atom stereocenters. The third-order valence-corrected chi connectivity index (χ3v) is 6.64. The van der Waals surface area contributed by atoms with Gasteiger partial charge in [0.15, 0.2) is 16.1 Å². The fourth-order valence-corrected chi connectivity index (χ4v) is 4.93. The molecule has 0 spiro atoms. The van der Waals surface area contributed by atoms with Crippen molar-refractivity contribution in [2.24, 2.45) is 0 Å². The van der Waals surface area contributed by atoms with Crippen LogP contribution in [0.15, 0.2) is 22.7 Å². The maximum Gasteiger partial charge on any atom is 0.265 e. The Balaban J connectivity index is 1.64. The zero-order valence-corrected chi connectivity index (χ0v) is 18.4. The monoisotopic (exact) mass is 436 g/mol. The van der Waals surface area contributed by atoms with Gasteiger partial charge < -0.3 is 14.8 Å². The zero-order valence-electron chi connectivity index (χ0n) is 15.9. The van der Waals surface area contributed by atoms with Crippen molar-refractivity contribution >= 4 is 51.4 Å². The fourth-order valence-electron chi connectivity index (χ4n) is 2.41. The highest BCUT2D eigenvalue weighted by atomic mass is 32.2. The molecule has 3 rings (SSSR count). The molecule has 11 heteroatoms. The highest BCUT2D eigenvalue weighted by molar-refractivity contribution is 7.99.